The van der Waals surface area contributed by atoms with Crippen LogP contribution in [0.3, 0.4) is 0 Å². The van der Waals surface area contributed by atoms with Gasteiger partial charge in [0.2, 0.25) is 5.28 Å². The summed E-state index contributed by atoms with van der Waals surface area (Å²) >= 11 is 6.20. The zero-order valence-corrected chi connectivity index (χ0v) is 26.0. The quantitative estimate of drug-likeness (QED) is 0.159. The molecule has 3 heterocycles. The minimum atomic E-state index is -4.86. The number of rotatable bonds is 8. The van der Waals surface area contributed by atoms with Gasteiger partial charge in [0.1, 0.15) is 18.3 Å². The summed E-state index contributed by atoms with van der Waals surface area (Å²) < 4.78 is 34.8. The number of carbonyl (C=O) groups excluding carboxylic acids is 1. The number of halogens is 1. The predicted molar refractivity (Wildman–Crippen MR) is 151 cm³/mol. The van der Waals surface area contributed by atoms with E-state index in [4.69, 9.17) is 30.6 Å². The first-order valence-electron chi connectivity index (χ1n) is 13.9. The van der Waals surface area contributed by atoms with Gasteiger partial charge in [-0.25, -0.2) is 9.78 Å². The number of hydrogen-bond acceptors (Lipinski definition) is 10. The summed E-state index contributed by atoms with van der Waals surface area (Å²) in [5, 5.41) is 27.0. The molecule has 4 bridgehead atoms. The Bertz CT molecular complexity index is 1540. The second-order valence-electron chi connectivity index (χ2n) is 13.4. The van der Waals surface area contributed by atoms with E-state index in [0.29, 0.717) is 5.92 Å². The molecule has 9 atom stereocenters. The van der Waals surface area contributed by atoms with Gasteiger partial charge in [-0.1, -0.05) is 13.8 Å². The van der Waals surface area contributed by atoms with Crippen LogP contribution in [0.15, 0.2) is 6.33 Å². The summed E-state index contributed by atoms with van der Waals surface area (Å²) in [5.74, 6) is -0.819. The molecule has 5 aliphatic rings. The van der Waals surface area contributed by atoms with E-state index in [1.54, 1.807) is 0 Å². The van der Waals surface area contributed by atoms with Crippen molar-refractivity contribution in [2.24, 2.45) is 16.7 Å². The highest BCUT2D eigenvalue weighted by Gasteiger charge is 2.60. The molecule has 19 heteroatoms. The Labute approximate surface area is 251 Å². The SMILES string of the molecule is C[C@]12CC3CC(NC(=O)Nc4nc(Cl)nc5c4ncn5C4OC(COP(=O)(O)CP(=O)(O)O)C(O)C4O)(C1)C[C@@](C)(C3)C2. The molecule has 0 spiro atoms. The van der Waals surface area contributed by atoms with Gasteiger partial charge in [0.15, 0.2) is 29.1 Å². The predicted octanol–water partition coefficient (Wildman–Crippen LogP) is 2.31. The number of carbonyl (C=O) groups is 1. The number of aromatic nitrogens is 4. The summed E-state index contributed by atoms with van der Waals surface area (Å²) in [6.45, 7) is 3.86. The summed E-state index contributed by atoms with van der Waals surface area (Å²) in [7, 11) is -9.59. The largest absolute Gasteiger partial charge is 0.387 e. The standard InChI is InChI=1S/C24H35ClN6O10P2/c1-22-3-12-4-23(2,7-22)9-24(5-12,8-22)30-21(34)28-17-14-18(29-20(25)27-17)31(10-26-14)19-16(33)15(32)13(41-19)6-40-43(38,39)11-42(35,36)37/h10,12-13,15-16,19,32-33H,3-9,11H2,1-2H3,(H,38,39)(H2,35,36,37)(H2,27,28,29,30,34)/t12?,13?,15?,16?,19?,22-,23+,24?. The molecule has 2 aromatic rings. The molecule has 1 saturated heterocycles. The maximum atomic E-state index is 13.3. The minimum absolute atomic E-state index is 0.0278. The van der Waals surface area contributed by atoms with Crippen molar-refractivity contribution in [3.63, 3.8) is 0 Å². The minimum Gasteiger partial charge on any atom is -0.387 e. The summed E-state index contributed by atoms with van der Waals surface area (Å²) in [4.78, 5) is 53.6. The second kappa shape index (κ2) is 10.4. The van der Waals surface area contributed by atoms with E-state index in [1.807, 2.05) is 0 Å². The fraction of sp³-hybridized carbons (Fsp3) is 0.750. The first-order valence-corrected chi connectivity index (χ1v) is 17.8. The van der Waals surface area contributed by atoms with Gasteiger partial charge in [-0.05, 0) is 66.9 Å². The van der Waals surface area contributed by atoms with Gasteiger partial charge in [0, 0.05) is 5.54 Å². The molecule has 1 aliphatic heterocycles. The van der Waals surface area contributed by atoms with Crippen molar-refractivity contribution < 1.29 is 48.1 Å². The Morgan fingerprint density at radius 1 is 1.12 bits per heavy atom. The summed E-state index contributed by atoms with van der Waals surface area (Å²) in [6, 6.07) is -0.451. The van der Waals surface area contributed by atoms with Crippen LogP contribution in [0.2, 0.25) is 5.28 Å². The van der Waals surface area contributed by atoms with Gasteiger partial charge in [-0.15, -0.1) is 0 Å². The van der Waals surface area contributed by atoms with Crippen molar-refractivity contribution in [1.29, 1.82) is 0 Å². The fourth-order valence-electron chi connectivity index (χ4n) is 8.69. The fourth-order valence-corrected chi connectivity index (χ4v) is 11.4. The van der Waals surface area contributed by atoms with Crippen molar-refractivity contribution in [2.45, 2.75) is 82.5 Å². The highest BCUT2D eigenvalue weighted by molar-refractivity contribution is 7.70. The number of amides is 2. The second-order valence-corrected chi connectivity index (χ2v) is 17.8. The maximum Gasteiger partial charge on any atom is 0.340 e. The van der Waals surface area contributed by atoms with E-state index in [1.165, 1.54) is 23.7 Å². The lowest BCUT2D eigenvalue weighted by atomic mass is 9.43. The smallest absolute Gasteiger partial charge is 0.340 e. The van der Waals surface area contributed by atoms with E-state index in [0.717, 1.165) is 25.7 Å². The average Bonchev–Trinajstić information content (AvgIpc) is 3.34. The Balaban J connectivity index is 1.18. The number of aliphatic hydroxyl groups is 2. The average molecular weight is 665 g/mol. The number of nitrogens with zero attached hydrogens (tertiary/aromatic N) is 4. The lowest BCUT2D eigenvalue weighted by Gasteiger charge is -2.65. The number of hydrogen-bond donors (Lipinski definition) is 7. The first-order chi connectivity index (χ1) is 19.9. The number of ether oxygens (including phenoxy) is 1. The topological polar surface area (TPSA) is 238 Å². The van der Waals surface area contributed by atoms with Gasteiger partial charge in [-0.2, -0.15) is 9.97 Å². The molecule has 2 aromatic heterocycles. The first kappa shape index (κ1) is 31.3. The molecule has 0 radical (unpaired) electrons. The van der Waals surface area contributed by atoms with Gasteiger partial charge in [0.05, 0.1) is 12.9 Å². The summed E-state index contributed by atoms with van der Waals surface area (Å²) in [5.41, 5.74) is 0.262. The van der Waals surface area contributed by atoms with Crippen LogP contribution < -0.4 is 10.6 Å². The van der Waals surface area contributed by atoms with E-state index in [9.17, 15) is 29.0 Å². The number of urea groups is 1. The van der Waals surface area contributed by atoms with Crippen LogP contribution in [0.4, 0.5) is 10.6 Å². The maximum absolute atomic E-state index is 13.3. The van der Waals surface area contributed by atoms with Crippen LogP contribution in [0.25, 0.3) is 11.2 Å². The highest BCUT2D eigenvalue weighted by Crippen LogP contribution is 2.66. The molecular formula is C24H35ClN6O10P2. The van der Waals surface area contributed by atoms with Gasteiger partial charge < -0.3 is 39.5 Å². The lowest BCUT2D eigenvalue weighted by Crippen LogP contribution is -2.65. The van der Waals surface area contributed by atoms with Crippen LogP contribution >= 0.6 is 26.8 Å². The zero-order valence-electron chi connectivity index (χ0n) is 23.5. The van der Waals surface area contributed by atoms with Crippen LogP contribution in [-0.2, 0) is 18.4 Å². The molecule has 16 nitrogen and oxygen atoms in total. The number of imidazole rings is 1. The normalized spacial score (nSPS) is 38.4. The van der Waals surface area contributed by atoms with Crippen molar-refractivity contribution in [3.8, 4) is 0 Å². The number of fused-ring (bicyclic) bond motifs is 1. The van der Waals surface area contributed by atoms with Gasteiger partial charge >= 0.3 is 21.2 Å². The zero-order chi connectivity index (χ0) is 31.2. The van der Waals surface area contributed by atoms with Crippen LogP contribution in [0, 0.1) is 16.7 Å². The molecule has 238 valence electrons. The lowest BCUT2D eigenvalue weighted by molar-refractivity contribution is -0.113. The van der Waals surface area contributed by atoms with Crippen molar-refractivity contribution >= 4 is 49.8 Å². The summed E-state index contributed by atoms with van der Waals surface area (Å²) in [6.07, 6.45) is 1.64. The number of anilines is 1. The highest BCUT2D eigenvalue weighted by atomic mass is 35.5. The molecule has 5 fully saturated rings. The third kappa shape index (κ3) is 6.24. The van der Waals surface area contributed by atoms with Crippen molar-refractivity contribution in [1.82, 2.24) is 24.8 Å². The van der Waals surface area contributed by atoms with Gasteiger partial charge in [-0.3, -0.25) is 19.0 Å². The molecular weight excluding hydrogens is 630 g/mol. The van der Waals surface area contributed by atoms with E-state index in [2.05, 4.69) is 39.4 Å². The van der Waals surface area contributed by atoms with Crippen LogP contribution in [0.1, 0.15) is 58.6 Å². The molecule has 7 rings (SSSR count). The number of nitrogens with one attached hydrogen (secondary N) is 2. The Hall–Kier alpha value is -1.71. The molecule has 4 aliphatic carbocycles. The van der Waals surface area contributed by atoms with Gasteiger partial charge in [0.25, 0.3) is 0 Å². The molecule has 4 saturated carbocycles. The third-order valence-corrected chi connectivity index (χ3v) is 12.7. The van der Waals surface area contributed by atoms with Crippen molar-refractivity contribution in [3.05, 3.63) is 11.6 Å². The van der Waals surface area contributed by atoms with Crippen LogP contribution in [-0.4, -0.2) is 86.8 Å². The Kier molecular flexibility index (Phi) is 7.57. The monoisotopic (exact) mass is 664 g/mol. The van der Waals surface area contributed by atoms with E-state index >= 15 is 0 Å². The molecule has 0 aromatic carbocycles. The molecule has 43 heavy (non-hydrogen) atoms. The Morgan fingerprint density at radius 2 is 1.79 bits per heavy atom. The molecule has 7 N–H and O–H groups in total. The van der Waals surface area contributed by atoms with Crippen LogP contribution in [0.5, 0.6) is 0 Å². The van der Waals surface area contributed by atoms with Crippen molar-refractivity contribution in [2.75, 3.05) is 17.8 Å². The number of aliphatic hydroxyl groups excluding tert-OH is 2. The third-order valence-electron chi connectivity index (χ3n) is 9.05. The van der Waals surface area contributed by atoms with E-state index < -0.39 is 58.3 Å². The van der Waals surface area contributed by atoms with E-state index in [-0.39, 0.29) is 38.6 Å². The Morgan fingerprint density at radius 3 is 2.42 bits per heavy atom. The molecule has 2 amide bonds. The molecule has 7 unspecified atom stereocenters.